The van der Waals surface area contributed by atoms with Crippen LogP contribution in [0.25, 0.3) is 0 Å². The summed E-state index contributed by atoms with van der Waals surface area (Å²) in [5, 5.41) is 12.3. The second kappa shape index (κ2) is 10.6. The molecule has 0 unspecified atom stereocenters. The van der Waals surface area contributed by atoms with E-state index in [1.54, 1.807) is 22.8 Å². The van der Waals surface area contributed by atoms with Crippen molar-refractivity contribution in [2.45, 2.75) is 83.9 Å². The number of benzene rings is 1. The number of likely N-dealkylation sites (tertiary alicyclic amines) is 1. The Morgan fingerprint density at radius 3 is 2.57 bits per heavy atom. The molecule has 1 spiro atoms. The molecule has 2 aliphatic heterocycles. The van der Waals surface area contributed by atoms with Crippen LogP contribution in [0.3, 0.4) is 0 Å². The van der Waals surface area contributed by atoms with Crippen molar-refractivity contribution >= 4 is 29.5 Å². The zero-order valence-electron chi connectivity index (χ0n) is 22.2. The van der Waals surface area contributed by atoms with Gasteiger partial charge in [0, 0.05) is 44.2 Å². The maximum Gasteiger partial charge on any atom is 0.407 e. The van der Waals surface area contributed by atoms with Gasteiger partial charge in [-0.05, 0) is 70.6 Å². The zero-order valence-corrected chi connectivity index (χ0v) is 22.2. The number of carbonyl (C=O) groups excluding carboxylic acids is 3. The molecule has 1 aromatic carbocycles. The molecular formula is C27H38N4O6. The first-order chi connectivity index (χ1) is 17.6. The van der Waals surface area contributed by atoms with Crippen molar-refractivity contribution in [3.05, 3.63) is 23.3 Å². The molecule has 0 bridgehead atoms. The molecule has 0 radical (unpaired) electrons. The predicted molar refractivity (Wildman–Crippen MR) is 138 cm³/mol. The van der Waals surface area contributed by atoms with E-state index in [1.807, 2.05) is 26.8 Å². The molecule has 202 valence electrons. The van der Waals surface area contributed by atoms with E-state index in [0.29, 0.717) is 55.8 Å². The molecule has 2 fully saturated rings. The Morgan fingerprint density at radius 1 is 1.24 bits per heavy atom. The molecule has 1 saturated heterocycles. The Kier molecular flexibility index (Phi) is 7.66. The summed E-state index contributed by atoms with van der Waals surface area (Å²) in [4.78, 5) is 55.6. The number of rotatable bonds is 7. The summed E-state index contributed by atoms with van der Waals surface area (Å²) in [6.07, 6.45) is 3.01. The second-order valence-electron chi connectivity index (χ2n) is 10.6. The Bertz CT molecular complexity index is 1080. The molecule has 3 aliphatic rings. The molecule has 2 heterocycles. The van der Waals surface area contributed by atoms with Crippen LogP contribution in [0.1, 0.15) is 75.2 Å². The van der Waals surface area contributed by atoms with Crippen LogP contribution in [0.2, 0.25) is 0 Å². The van der Waals surface area contributed by atoms with E-state index in [4.69, 9.17) is 4.74 Å². The maximum absolute atomic E-state index is 14.0. The van der Waals surface area contributed by atoms with Crippen molar-refractivity contribution in [2.75, 3.05) is 31.1 Å². The third-order valence-electron chi connectivity index (χ3n) is 7.76. The van der Waals surface area contributed by atoms with Gasteiger partial charge in [0.25, 0.3) is 11.8 Å². The van der Waals surface area contributed by atoms with Crippen LogP contribution in [0, 0.1) is 6.92 Å². The first kappa shape index (κ1) is 26.8. The largest absolute Gasteiger partial charge is 0.475 e. The van der Waals surface area contributed by atoms with Crippen molar-refractivity contribution in [1.29, 1.82) is 0 Å². The molecule has 4 rings (SSSR count). The van der Waals surface area contributed by atoms with E-state index in [1.165, 1.54) is 4.90 Å². The lowest BCUT2D eigenvalue weighted by Gasteiger charge is -2.47. The topological polar surface area (TPSA) is 119 Å². The van der Waals surface area contributed by atoms with Gasteiger partial charge in [0.2, 0.25) is 5.91 Å². The van der Waals surface area contributed by atoms with Crippen LogP contribution in [-0.2, 0) is 9.59 Å². The third kappa shape index (κ3) is 5.10. The number of hydrogen-bond acceptors (Lipinski definition) is 5. The van der Waals surface area contributed by atoms with Gasteiger partial charge in [-0.1, -0.05) is 6.92 Å². The zero-order chi connectivity index (χ0) is 26.9. The Balaban J connectivity index is 1.66. The van der Waals surface area contributed by atoms with Gasteiger partial charge in [0.15, 0.2) is 5.60 Å². The molecule has 1 aromatic rings. The van der Waals surface area contributed by atoms with Crippen LogP contribution in [0.5, 0.6) is 5.75 Å². The summed E-state index contributed by atoms with van der Waals surface area (Å²) in [6.45, 7) is 8.82. The lowest BCUT2D eigenvalue weighted by Crippen LogP contribution is -2.61. The minimum Gasteiger partial charge on any atom is -0.475 e. The molecule has 0 aromatic heterocycles. The summed E-state index contributed by atoms with van der Waals surface area (Å²) in [5.74, 6) is 0.156. The number of amides is 4. The highest BCUT2D eigenvalue weighted by atomic mass is 16.5. The molecule has 37 heavy (non-hydrogen) atoms. The van der Waals surface area contributed by atoms with Crippen molar-refractivity contribution in [2.24, 2.45) is 0 Å². The van der Waals surface area contributed by atoms with E-state index in [2.05, 4.69) is 5.32 Å². The van der Waals surface area contributed by atoms with Crippen LogP contribution < -0.4 is 15.0 Å². The molecule has 1 aliphatic carbocycles. The number of nitrogens with zero attached hydrogens (tertiary/aromatic N) is 3. The minimum atomic E-state index is -0.975. The van der Waals surface area contributed by atoms with Gasteiger partial charge in [-0.2, -0.15) is 0 Å². The molecule has 10 heteroatoms. The van der Waals surface area contributed by atoms with Crippen molar-refractivity contribution in [3.8, 4) is 5.75 Å². The highest BCUT2D eigenvalue weighted by Gasteiger charge is 2.52. The Morgan fingerprint density at radius 2 is 1.97 bits per heavy atom. The van der Waals surface area contributed by atoms with Gasteiger partial charge < -0.3 is 29.9 Å². The van der Waals surface area contributed by atoms with Gasteiger partial charge >= 0.3 is 6.09 Å². The smallest absolute Gasteiger partial charge is 0.407 e. The summed E-state index contributed by atoms with van der Waals surface area (Å²) >= 11 is 0. The van der Waals surface area contributed by atoms with E-state index in [0.717, 1.165) is 18.4 Å². The summed E-state index contributed by atoms with van der Waals surface area (Å²) in [7, 11) is 0. The van der Waals surface area contributed by atoms with Crippen LogP contribution >= 0.6 is 0 Å². The summed E-state index contributed by atoms with van der Waals surface area (Å²) in [6, 6.07) is 3.18. The average Bonchev–Trinajstić information content (AvgIpc) is 2.83. The number of fused-ring (bicyclic) bond motifs is 1. The van der Waals surface area contributed by atoms with Gasteiger partial charge in [0.1, 0.15) is 5.75 Å². The van der Waals surface area contributed by atoms with E-state index in [-0.39, 0.29) is 42.9 Å². The Labute approximate surface area is 217 Å². The number of carboxylic acid groups (broad SMARTS) is 1. The van der Waals surface area contributed by atoms with Gasteiger partial charge in [0.05, 0.1) is 11.7 Å². The fourth-order valence-corrected chi connectivity index (χ4v) is 5.59. The number of anilines is 1. The van der Waals surface area contributed by atoms with Crippen LogP contribution in [-0.4, -0.2) is 82.6 Å². The number of carbonyl (C=O) groups is 4. The highest BCUT2D eigenvalue weighted by molar-refractivity contribution is 6.05. The maximum atomic E-state index is 14.0. The summed E-state index contributed by atoms with van der Waals surface area (Å²) < 4.78 is 6.25. The fourth-order valence-electron chi connectivity index (χ4n) is 5.59. The number of aryl methyl sites for hydroxylation is 1. The SMILES string of the molecule is CCC(=O)NCCN1C(=O)C2(CCC2)Oc2cc(C)c(C(=O)N(C(C)C)[C@@H]3CCCN(C(=O)O)C3)cc21. The molecule has 4 amide bonds. The standard InChI is InChI=1S/C27H38N4O6/c1-5-23(32)28-11-13-30-21-15-20(18(4)14-22(21)37-27(25(30)34)9-7-10-27)24(33)31(17(2)3)19-8-6-12-29(16-19)26(35)36/h14-15,17,19H,5-13,16H2,1-4H3,(H,28,32)(H,35,36)/t19-/m1/s1. The molecular weight excluding hydrogens is 476 g/mol. The minimum absolute atomic E-state index is 0.0884. The van der Waals surface area contributed by atoms with Crippen LogP contribution in [0.15, 0.2) is 12.1 Å². The quantitative estimate of drug-likeness (QED) is 0.577. The second-order valence-corrected chi connectivity index (χ2v) is 10.6. The monoisotopic (exact) mass is 514 g/mol. The lowest BCUT2D eigenvalue weighted by atomic mass is 9.77. The summed E-state index contributed by atoms with van der Waals surface area (Å²) in [5.41, 5.74) is 0.861. The van der Waals surface area contributed by atoms with Crippen molar-refractivity contribution in [3.63, 3.8) is 0 Å². The molecule has 1 atom stereocenters. The van der Waals surface area contributed by atoms with E-state index in [9.17, 15) is 24.3 Å². The van der Waals surface area contributed by atoms with Gasteiger partial charge in [-0.3, -0.25) is 14.4 Å². The highest BCUT2D eigenvalue weighted by Crippen LogP contribution is 2.47. The van der Waals surface area contributed by atoms with Crippen LogP contribution in [0.4, 0.5) is 10.5 Å². The number of hydrogen-bond donors (Lipinski definition) is 2. The van der Waals surface area contributed by atoms with Gasteiger partial charge in [-0.15, -0.1) is 0 Å². The number of nitrogens with one attached hydrogen (secondary N) is 1. The van der Waals surface area contributed by atoms with Gasteiger partial charge in [-0.25, -0.2) is 4.79 Å². The third-order valence-corrected chi connectivity index (χ3v) is 7.76. The first-order valence-corrected chi connectivity index (χ1v) is 13.3. The lowest BCUT2D eigenvalue weighted by molar-refractivity contribution is -0.143. The molecule has 2 N–H and O–H groups in total. The van der Waals surface area contributed by atoms with E-state index >= 15 is 0 Å². The Hall–Kier alpha value is -3.30. The number of piperidine rings is 1. The van der Waals surface area contributed by atoms with Crippen molar-refractivity contribution in [1.82, 2.24) is 15.1 Å². The predicted octanol–water partition coefficient (Wildman–Crippen LogP) is 3.16. The van der Waals surface area contributed by atoms with Crippen molar-refractivity contribution < 1.29 is 29.0 Å². The average molecular weight is 515 g/mol. The van der Waals surface area contributed by atoms with E-state index < -0.39 is 11.7 Å². The number of ether oxygens (including phenoxy) is 1. The fraction of sp³-hybridized carbons (Fsp3) is 0.630. The normalized spacial score (nSPS) is 20.2. The molecule has 1 saturated carbocycles. The first-order valence-electron chi connectivity index (χ1n) is 13.3. The molecule has 10 nitrogen and oxygen atoms in total.